The van der Waals surface area contributed by atoms with Crippen LogP contribution in [0.4, 0.5) is 0 Å². The van der Waals surface area contributed by atoms with E-state index in [1.165, 1.54) is 0 Å². The first-order valence-electron chi connectivity index (χ1n) is 4.49. The van der Waals surface area contributed by atoms with Crippen molar-refractivity contribution >= 4 is 11.8 Å². The summed E-state index contributed by atoms with van der Waals surface area (Å²) >= 11 is 0. The van der Waals surface area contributed by atoms with Crippen LogP contribution < -0.4 is 0 Å². The highest BCUT2D eigenvalue weighted by Crippen LogP contribution is 2.22. The third-order valence-corrected chi connectivity index (χ3v) is 2.35. The predicted molar refractivity (Wildman–Crippen MR) is 45.4 cm³/mol. The van der Waals surface area contributed by atoms with Gasteiger partial charge in [-0.05, 0) is 18.8 Å². The molecule has 13 heavy (non-hydrogen) atoms. The van der Waals surface area contributed by atoms with Crippen molar-refractivity contribution in [3.05, 3.63) is 0 Å². The molecule has 74 valence electrons. The molecule has 0 aromatic rings. The number of ether oxygens (including phenoxy) is 1. The topological polar surface area (TPSA) is 63.6 Å². The maximum atomic E-state index is 10.9. The van der Waals surface area contributed by atoms with Crippen LogP contribution in [0.3, 0.4) is 0 Å². The van der Waals surface area contributed by atoms with Crippen LogP contribution in [-0.4, -0.2) is 29.6 Å². The van der Waals surface area contributed by atoms with Gasteiger partial charge in [0.1, 0.15) is 0 Å². The molecule has 0 bridgehead atoms. The van der Waals surface area contributed by atoms with Gasteiger partial charge in [-0.3, -0.25) is 4.79 Å². The zero-order chi connectivity index (χ0) is 9.84. The normalized spacial score (nSPS) is 24.2. The monoisotopic (exact) mass is 186 g/mol. The van der Waals surface area contributed by atoms with Gasteiger partial charge in [-0.2, -0.15) is 0 Å². The fourth-order valence-corrected chi connectivity index (χ4v) is 1.56. The number of carboxylic acids is 1. The second-order valence-corrected chi connectivity index (χ2v) is 3.46. The zero-order valence-corrected chi connectivity index (χ0v) is 7.66. The summed E-state index contributed by atoms with van der Waals surface area (Å²) in [7, 11) is 0. The number of aliphatic carboxylic acids is 1. The number of ketones is 1. The second-order valence-electron chi connectivity index (χ2n) is 3.46. The summed E-state index contributed by atoms with van der Waals surface area (Å²) < 4.78 is 5.35. The number of Topliss-reactive ketones (excluding diaryl/α,β-unsaturated/α-hetero) is 1. The van der Waals surface area contributed by atoms with Crippen LogP contribution in [0.2, 0.25) is 0 Å². The van der Waals surface area contributed by atoms with E-state index in [0.717, 1.165) is 19.4 Å². The molecule has 0 radical (unpaired) electrons. The van der Waals surface area contributed by atoms with E-state index in [4.69, 9.17) is 9.84 Å². The Morgan fingerprint density at radius 1 is 1.62 bits per heavy atom. The summed E-state index contributed by atoms with van der Waals surface area (Å²) in [6.07, 6.45) is 2.10. The van der Waals surface area contributed by atoms with Crippen molar-refractivity contribution in [2.24, 2.45) is 5.92 Å². The molecule has 2 unspecified atom stereocenters. The summed E-state index contributed by atoms with van der Waals surface area (Å²) in [5.74, 6) is -2.04. The first-order valence-corrected chi connectivity index (χ1v) is 4.49. The molecule has 4 heteroatoms. The molecule has 1 aliphatic heterocycles. The minimum Gasteiger partial charge on any atom is -0.476 e. The number of carbonyl (C=O) groups excluding carboxylic acids is 1. The smallest absolute Gasteiger partial charge is 0.372 e. The Kier molecular flexibility index (Phi) is 3.42. The zero-order valence-electron chi connectivity index (χ0n) is 7.66. The number of rotatable bonds is 4. The van der Waals surface area contributed by atoms with Gasteiger partial charge in [0, 0.05) is 13.0 Å². The Bertz CT molecular complexity index is 206. The Morgan fingerprint density at radius 2 is 2.31 bits per heavy atom. The van der Waals surface area contributed by atoms with Crippen molar-refractivity contribution < 1.29 is 19.4 Å². The average molecular weight is 186 g/mol. The van der Waals surface area contributed by atoms with Gasteiger partial charge in [0.15, 0.2) is 0 Å². The van der Waals surface area contributed by atoms with E-state index in [9.17, 15) is 9.59 Å². The lowest BCUT2D eigenvalue weighted by Gasteiger charge is -2.16. The van der Waals surface area contributed by atoms with Crippen LogP contribution in [0.1, 0.15) is 26.2 Å². The van der Waals surface area contributed by atoms with Crippen molar-refractivity contribution in [1.29, 1.82) is 0 Å². The van der Waals surface area contributed by atoms with Gasteiger partial charge >= 0.3 is 5.97 Å². The maximum absolute atomic E-state index is 10.9. The first-order chi connectivity index (χ1) is 6.11. The second kappa shape index (κ2) is 4.37. The molecule has 1 rings (SSSR count). The molecule has 2 atom stereocenters. The van der Waals surface area contributed by atoms with Crippen molar-refractivity contribution in [2.45, 2.75) is 32.3 Å². The van der Waals surface area contributed by atoms with Crippen LogP contribution in [0.5, 0.6) is 0 Å². The van der Waals surface area contributed by atoms with E-state index in [1.54, 1.807) is 0 Å². The first kappa shape index (κ1) is 10.2. The van der Waals surface area contributed by atoms with Gasteiger partial charge < -0.3 is 9.84 Å². The predicted octanol–water partition coefficient (Wildman–Crippen LogP) is 0.845. The standard InChI is InChI=1S/C9H14O4/c1-6(5-7(10)9(11)12)8-3-2-4-13-8/h6,8H,2-5H2,1H3,(H,11,12). The molecule has 4 nitrogen and oxygen atoms in total. The molecule has 0 amide bonds. The summed E-state index contributed by atoms with van der Waals surface area (Å²) in [4.78, 5) is 21.1. The molecular formula is C9H14O4. The number of hydrogen-bond acceptors (Lipinski definition) is 3. The highest BCUT2D eigenvalue weighted by molar-refractivity contribution is 6.32. The molecule has 0 saturated carbocycles. The number of hydrogen-bond donors (Lipinski definition) is 1. The molecular weight excluding hydrogens is 172 g/mol. The fraction of sp³-hybridized carbons (Fsp3) is 0.778. The van der Waals surface area contributed by atoms with Gasteiger partial charge in [-0.25, -0.2) is 4.79 Å². The molecule has 1 aliphatic rings. The van der Waals surface area contributed by atoms with Crippen molar-refractivity contribution in [3.63, 3.8) is 0 Å². The SMILES string of the molecule is CC(CC(=O)C(=O)O)C1CCCO1. The molecule has 1 fully saturated rings. The van der Waals surface area contributed by atoms with Gasteiger partial charge in [-0.1, -0.05) is 6.92 Å². The van der Waals surface area contributed by atoms with Crippen LogP contribution in [0.25, 0.3) is 0 Å². The van der Waals surface area contributed by atoms with Crippen LogP contribution >= 0.6 is 0 Å². The van der Waals surface area contributed by atoms with Crippen molar-refractivity contribution in [2.75, 3.05) is 6.61 Å². The Morgan fingerprint density at radius 3 is 2.77 bits per heavy atom. The van der Waals surface area contributed by atoms with Crippen LogP contribution in [0.15, 0.2) is 0 Å². The van der Waals surface area contributed by atoms with E-state index in [0.29, 0.717) is 0 Å². The molecule has 0 spiro atoms. The maximum Gasteiger partial charge on any atom is 0.372 e. The number of carboxylic acid groups (broad SMARTS) is 1. The molecule has 1 heterocycles. The van der Waals surface area contributed by atoms with Crippen LogP contribution in [-0.2, 0) is 14.3 Å². The van der Waals surface area contributed by atoms with E-state index >= 15 is 0 Å². The lowest BCUT2D eigenvalue weighted by Crippen LogP contribution is -2.23. The molecule has 0 aromatic heterocycles. The van der Waals surface area contributed by atoms with Crippen LogP contribution in [0, 0.1) is 5.92 Å². The van der Waals surface area contributed by atoms with E-state index in [2.05, 4.69) is 0 Å². The van der Waals surface area contributed by atoms with Crippen molar-refractivity contribution in [1.82, 2.24) is 0 Å². The summed E-state index contributed by atoms with van der Waals surface area (Å²) in [5.41, 5.74) is 0. The Labute approximate surface area is 76.9 Å². The van der Waals surface area contributed by atoms with E-state index in [-0.39, 0.29) is 18.4 Å². The Balaban J connectivity index is 2.35. The summed E-state index contributed by atoms with van der Waals surface area (Å²) in [6.45, 7) is 2.59. The van der Waals surface area contributed by atoms with E-state index in [1.807, 2.05) is 6.92 Å². The minimum absolute atomic E-state index is 0.0195. The fourth-order valence-electron chi connectivity index (χ4n) is 1.56. The average Bonchev–Trinajstić information content (AvgIpc) is 2.55. The third-order valence-electron chi connectivity index (χ3n) is 2.35. The molecule has 0 aliphatic carbocycles. The van der Waals surface area contributed by atoms with E-state index < -0.39 is 11.8 Å². The lowest BCUT2D eigenvalue weighted by molar-refractivity contribution is -0.149. The minimum atomic E-state index is -1.34. The van der Waals surface area contributed by atoms with Gasteiger partial charge in [0.2, 0.25) is 5.78 Å². The van der Waals surface area contributed by atoms with Gasteiger partial charge in [-0.15, -0.1) is 0 Å². The quantitative estimate of drug-likeness (QED) is 0.661. The van der Waals surface area contributed by atoms with Crippen molar-refractivity contribution in [3.8, 4) is 0 Å². The molecule has 1 saturated heterocycles. The molecule has 1 N–H and O–H groups in total. The third kappa shape index (κ3) is 2.81. The highest BCUT2D eigenvalue weighted by Gasteiger charge is 2.26. The summed E-state index contributed by atoms with van der Waals surface area (Å²) in [6, 6.07) is 0. The number of carbonyl (C=O) groups is 2. The lowest BCUT2D eigenvalue weighted by atomic mass is 9.96. The van der Waals surface area contributed by atoms with Gasteiger partial charge in [0.05, 0.1) is 6.10 Å². The Hall–Kier alpha value is -0.900. The van der Waals surface area contributed by atoms with Gasteiger partial charge in [0.25, 0.3) is 0 Å². The summed E-state index contributed by atoms with van der Waals surface area (Å²) in [5, 5.41) is 8.38. The largest absolute Gasteiger partial charge is 0.476 e. The molecule has 0 aromatic carbocycles. The highest BCUT2D eigenvalue weighted by atomic mass is 16.5.